The Kier molecular flexibility index (Phi) is 5.47. The molecule has 5 aromatic rings. The number of carbonyl (C=O) groups excluding carboxylic acids is 1. The molecule has 0 unspecified atom stereocenters. The van der Waals surface area contributed by atoms with Crippen LogP contribution in [0.15, 0.2) is 72.8 Å². The summed E-state index contributed by atoms with van der Waals surface area (Å²) in [6, 6.07) is 22.4. The predicted octanol–water partition coefficient (Wildman–Crippen LogP) is 4.48. The fraction of sp³-hybridized carbons (Fsp3) is 0.115. The van der Waals surface area contributed by atoms with Crippen molar-refractivity contribution in [3.05, 3.63) is 83.9 Å². The minimum absolute atomic E-state index is 0.258. The topological polar surface area (TPSA) is 104 Å². The summed E-state index contributed by atoms with van der Waals surface area (Å²) in [6.45, 7) is 0.362. The molecule has 2 aromatic heterocycles. The molecule has 0 bridgehead atoms. The van der Waals surface area contributed by atoms with E-state index in [9.17, 15) is 4.79 Å². The van der Waals surface area contributed by atoms with Crippen molar-refractivity contribution in [3.8, 4) is 11.5 Å². The molecule has 0 saturated carbocycles. The standard InChI is InChI=1S/C26H23N5O3/c1-33-20-13-7-3-9-16(20)15-31-24(27)22(26(32)30-19-12-6-8-14-21(19)34-2)23-25(31)29-18-11-5-4-10-17(18)28-23/h3-14H,15,27H2,1-2H3,(H,30,32). The maximum atomic E-state index is 13.5. The molecule has 34 heavy (non-hydrogen) atoms. The fourth-order valence-corrected chi connectivity index (χ4v) is 4.04. The number of aromatic nitrogens is 3. The van der Waals surface area contributed by atoms with Gasteiger partial charge in [0.1, 0.15) is 28.4 Å². The number of nitrogens with two attached hydrogens (primary N) is 1. The van der Waals surface area contributed by atoms with Crippen LogP contribution in [-0.2, 0) is 6.54 Å². The van der Waals surface area contributed by atoms with Crippen LogP contribution in [-0.4, -0.2) is 34.7 Å². The van der Waals surface area contributed by atoms with Crippen molar-refractivity contribution in [2.45, 2.75) is 6.54 Å². The van der Waals surface area contributed by atoms with Gasteiger partial charge in [0.25, 0.3) is 5.91 Å². The lowest BCUT2D eigenvalue weighted by molar-refractivity contribution is 0.102. The molecule has 0 aliphatic heterocycles. The number of rotatable bonds is 6. The van der Waals surface area contributed by atoms with Gasteiger partial charge in [0.15, 0.2) is 5.65 Å². The Balaban J connectivity index is 1.68. The van der Waals surface area contributed by atoms with Crippen LogP contribution in [0.3, 0.4) is 0 Å². The number of amides is 1. The van der Waals surface area contributed by atoms with E-state index >= 15 is 0 Å². The summed E-state index contributed by atoms with van der Waals surface area (Å²) in [5.74, 6) is 1.14. The molecule has 170 valence electrons. The normalized spacial score (nSPS) is 11.0. The summed E-state index contributed by atoms with van der Waals surface area (Å²) in [5, 5.41) is 2.91. The van der Waals surface area contributed by atoms with Gasteiger partial charge in [0, 0.05) is 5.56 Å². The number of methoxy groups -OCH3 is 2. The van der Waals surface area contributed by atoms with Crippen LogP contribution in [0.2, 0.25) is 0 Å². The largest absolute Gasteiger partial charge is 0.496 e. The Morgan fingerprint density at radius 2 is 1.50 bits per heavy atom. The van der Waals surface area contributed by atoms with E-state index in [0.717, 1.165) is 11.3 Å². The van der Waals surface area contributed by atoms with Crippen LogP contribution in [0.4, 0.5) is 11.5 Å². The van der Waals surface area contributed by atoms with Crippen LogP contribution in [0.25, 0.3) is 22.2 Å². The lowest BCUT2D eigenvalue weighted by Gasteiger charge is -2.12. The molecule has 0 saturated heterocycles. The first-order valence-electron chi connectivity index (χ1n) is 10.7. The molecule has 0 spiro atoms. The number of nitrogens with one attached hydrogen (secondary N) is 1. The first-order chi connectivity index (χ1) is 16.6. The third-order valence-electron chi connectivity index (χ3n) is 5.69. The number of para-hydroxylation sites is 5. The summed E-state index contributed by atoms with van der Waals surface area (Å²) >= 11 is 0. The maximum Gasteiger partial charge on any atom is 0.261 e. The van der Waals surface area contributed by atoms with E-state index in [-0.39, 0.29) is 11.4 Å². The van der Waals surface area contributed by atoms with Crippen molar-refractivity contribution in [3.63, 3.8) is 0 Å². The molecular formula is C26H23N5O3. The quantitative estimate of drug-likeness (QED) is 0.393. The number of carbonyl (C=O) groups is 1. The molecule has 0 fully saturated rings. The van der Waals surface area contributed by atoms with E-state index in [1.807, 2.05) is 60.7 Å². The van der Waals surface area contributed by atoms with Gasteiger partial charge in [-0.15, -0.1) is 0 Å². The number of nitrogen functional groups attached to an aromatic ring is 1. The molecule has 5 rings (SSSR count). The van der Waals surface area contributed by atoms with Gasteiger partial charge < -0.3 is 25.1 Å². The average molecular weight is 454 g/mol. The minimum atomic E-state index is -0.393. The molecule has 3 aromatic carbocycles. The number of hydrogen-bond donors (Lipinski definition) is 2. The summed E-state index contributed by atoms with van der Waals surface area (Å²) < 4.78 is 12.7. The number of hydrogen-bond acceptors (Lipinski definition) is 6. The van der Waals surface area contributed by atoms with Gasteiger partial charge in [-0.1, -0.05) is 42.5 Å². The molecule has 2 heterocycles. The molecular weight excluding hydrogens is 430 g/mol. The van der Waals surface area contributed by atoms with Gasteiger partial charge in [-0.05, 0) is 30.3 Å². The second-order valence-electron chi connectivity index (χ2n) is 7.70. The molecule has 8 heteroatoms. The lowest BCUT2D eigenvalue weighted by Crippen LogP contribution is -2.15. The number of nitrogens with zero attached hydrogens (tertiary/aromatic N) is 3. The zero-order chi connectivity index (χ0) is 23.7. The minimum Gasteiger partial charge on any atom is -0.496 e. The number of ether oxygens (including phenoxy) is 2. The van der Waals surface area contributed by atoms with Crippen LogP contribution in [0.1, 0.15) is 15.9 Å². The highest BCUT2D eigenvalue weighted by molar-refractivity contribution is 6.16. The SMILES string of the molecule is COc1ccccc1Cn1c(N)c(C(=O)Nc2ccccc2OC)c2nc3ccccc3nc21. The van der Waals surface area contributed by atoms with E-state index in [1.54, 1.807) is 30.9 Å². The smallest absolute Gasteiger partial charge is 0.261 e. The molecule has 0 atom stereocenters. The molecule has 0 aliphatic rings. The van der Waals surface area contributed by atoms with Crippen LogP contribution in [0.5, 0.6) is 11.5 Å². The van der Waals surface area contributed by atoms with Crippen molar-refractivity contribution < 1.29 is 14.3 Å². The summed E-state index contributed by atoms with van der Waals surface area (Å²) in [6.07, 6.45) is 0. The molecule has 0 radical (unpaired) electrons. The third kappa shape index (κ3) is 3.65. The Morgan fingerprint density at radius 3 is 2.24 bits per heavy atom. The number of anilines is 2. The molecule has 3 N–H and O–H groups in total. The molecule has 1 amide bonds. The summed E-state index contributed by atoms with van der Waals surface area (Å²) in [7, 11) is 3.17. The summed E-state index contributed by atoms with van der Waals surface area (Å²) in [4.78, 5) is 23.1. The van der Waals surface area contributed by atoms with Gasteiger partial charge in [0.05, 0.1) is 37.5 Å². The fourth-order valence-electron chi connectivity index (χ4n) is 4.04. The van der Waals surface area contributed by atoms with E-state index in [1.165, 1.54) is 0 Å². The summed E-state index contributed by atoms with van der Waals surface area (Å²) in [5.41, 5.74) is 10.6. The monoisotopic (exact) mass is 453 g/mol. The predicted molar refractivity (Wildman–Crippen MR) is 132 cm³/mol. The van der Waals surface area contributed by atoms with Gasteiger partial charge >= 0.3 is 0 Å². The third-order valence-corrected chi connectivity index (χ3v) is 5.69. The van der Waals surface area contributed by atoms with E-state index < -0.39 is 5.91 Å². The second kappa shape index (κ2) is 8.74. The number of fused-ring (bicyclic) bond motifs is 2. The van der Waals surface area contributed by atoms with Gasteiger partial charge in [0.2, 0.25) is 0 Å². The lowest BCUT2D eigenvalue weighted by atomic mass is 10.2. The van der Waals surface area contributed by atoms with Gasteiger partial charge in [-0.2, -0.15) is 0 Å². The van der Waals surface area contributed by atoms with Crippen molar-refractivity contribution >= 4 is 39.6 Å². The van der Waals surface area contributed by atoms with Crippen molar-refractivity contribution in [1.29, 1.82) is 0 Å². The highest BCUT2D eigenvalue weighted by atomic mass is 16.5. The Hall–Kier alpha value is -4.59. The van der Waals surface area contributed by atoms with Crippen molar-refractivity contribution in [2.24, 2.45) is 0 Å². The first-order valence-corrected chi connectivity index (χ1v) is 10.7. The second-order valence-corrected chi connectivity index (χ2v) is 7.70. The highest BCUT2D eigenvalue weighted by Crippen LogP contribution is 2.32. The zero-order valence-electron chi connectivity index (χ0n) is 18.8. The zero-order valence-corrected chi connectivity index (χ0v) is 18.8. The van der Waals surface area contributed by atoms with Gasteiger partial charge in [-0.3, -0.25) is 4.79 Å². The van der Waals surface area contributed by atoms with E-state index in [2.05, 4.69) is 5.32 Å². The molecule has 8 nitrogen and oxygen atoms in total. The van der Waals surface area contributed by atoms with E-state index in [0.29, 0.717) is 40.2 Å². The number of benzene rings is 3. The Morgan fingerprint density at radius 1 is 0.882 bits per heavy atom. The van der Waals surface area contributed by atoms with Crippen molar-refractivity contribution in [2.75, 3.05) is 25.3 Å². The van der Waals surface area contributed by atoms with Crippen molar-refractivity contribution in [1.82, 2.24) is 14.5 Å². The Bertz CT molecular complexity index is 1530. The van der Waals surface area contributed by atoms with E-state index in [4.69, 9.17) is 25.2 Å². The first kappa shape index (κ1) is 21.3. The van der Waals surface area contributed by atoms with Crippen LogP contribution >= 0.6 is 0 Å². The van der Waals surface area contributed by atoms with Gasteiger partial charge in [-0.25, -0.2) is 9.97 Å². The Labute approximate surface area is 196 Å². The maximum absolute atomic E-state index is 13.5. The van der Waals surface area contributed by atoms with Crippen LogP contribution in [0, 0.1) is 0 Å². The molecule has 0 aliphatic carbocycles. The average Bonchev–Trinajstić information content (AvgIpc) is 3.13. The highest BCUT2D eigenvalue weighted by Gasteiger charge is 2.25. The van der Waals surface area contributed by atoms with Crippen LogP contribution < -0.4 is 20.5 Å².